The molecular weight excluding hydrogens is 329 g/mol. The van der Waals surface area contributed by atoms with E-state index in [0.717, 1.165) is 0 Å². The molecular formula is C14H17ClFN3O2S. The Morgan fingerprint density at radius 2 is 2.05 bits per heavy atom. The van der Waals surface area contributed by atoms with E-state index in [-0.39, 0.29) is 12.3 Å². The minimum atomic E-state index is -3.40. The lowest BCUT2D eigenvalue weighted by Gasteiger charge is -2.09. The van der Waals surface area contributed by atoms with Gasteiger partial charge in [-0.1, -0.05) is 17.7 Å². The van der Waals surface area contributed by atoms with E-state index < -0.39 is 15.8 Å². The molecule has 0 aliphatic carbocycles. The van der Waals surface area contributed by atoms with E-state index in [1.54, 1.807) is 26.8 Å². The molecule has 22 heavy (non-hydrogen) atoms. The zero-order chi connectivity index (χ0) is 16.5. The van der Waals surface area contributed by atoms with Crippen LogP contribution in [0.1, 0.15) is 23.9 Å². The van der Waals surface area contributed by atoms with Crippen LogP contribution in [-0.2, 0) is 16.6 Å². The average molecular weight is 346 g/mol. The zero-order valence-corrected chi connectivity index (χ0v) is 14.1. The second kappa shape index (κ2) is 6.26. The lowest BCUT2D eigenvalue weighted by molar-refractivity contribution is 0.579. The second-order valence-corrected chi connectivity index (χ2v) is 7.33. The third-order valence-electron chi connectivity index (χ3n) is 3.39. The van der Waals surface area contributed by atoms with Crippen LogP contribution < -0.4 is 4.72 Å². The summed E-state index contributed by atoms with van der Waals surface area (Å²) in [5.74, 6) is -0.452. The summed E-state index contributed by atoms with van der Waals surface area (Å²) >= 11 is 6.01. The minimum Gasteiger partial charge on any atom is -0.280 e. The summed E-state index contributed by atoms with van der Waals surface area (Å²) in [5, 5.41) is 4.58. The van der Waals surface area contributed by atoms with Gasteiger partial charge in [0.2, 0.25) is 10.0 Å². The predicted molar refractivity (Wildman–Crippen MR) is 85.3 cm³/mol. The van der Waals surface area contributed by atoms with E-state index in [1.807, 2.05) is 0 Å². The van der Waals surface area contributed by atoms with Crippen LogP contribution in [0, 0.1) is 19.7 Å². The molecule has 0 saturated heterocycles. The van der Waals surface area contributed by atoms with Gasteiger partial charge in [-0.15, -0.1) is 0 Å². The molecule has 1 heterocycles. The molecule has 1 aromatic carbocycles. The van der Waals surface area contributed by atoms with Crippen molar-refractivity contribution in [3.05, 3.63) is 46.0 Å². The van der Waals surface area contributed by atoms with E-state index in [4.69, 9.17) is 11.6 Å². The quantitative estimate of drug-likeness (QED) is 0.905. The predicted octanol–water partition coefficient (Wildman–Crippen LogP) is 3.10. The average Bonchev–Trinajstić information content (AvgIpc) is 2.70. The summed E-state index contributed by atoms with van der Waals surface area (Å²) < 4.78 is 41.3. The molecule has 0 amide bonds. The monoisotopic (exact) mass is 345 g/mol. The van der Waals surface area contributed by atoms with Crippen LogP contribution >= 0.6 is 11.6 Å². The number of sulfonamides is 1. The van der Waals surface area contributed by atoms with E-state index in [2.05, 4.69) is 9.82 Å². The summed E-state index contributed by atoms with van der Waals surface area (Å²) in [5.41, 5.74) is 1.88. The third-order valence-corrected chi connectivity index (χ3v) is 5.02. The van der Waals surface area contributed by atoms with Gasteiger partial charge in [0.05, 0.1) is 29.4 Å². The van der Waals surface area contributed by atoms with E-state index in [0.29, 0.717) is 27.7 Å². The fourth-order valence-electron chi connectivity index (χ4n) is 2.06. The van der Waals surface area contributed by atoms with E-state index in [9.17, 15) is 12.8 Å². The van der Waals surface area contributed by atoms with Gasteiger partial charge in [-0.3, -0.25) is 9.40 Å². The Bertz CT molecular complexity index is 782. The van der Waals surface area contributed by atoms with Gasteiger partial charge in [-0.25, -0.2) is 12.8 Å². The number of hydrogen-bond donors (Lipinski definition) is 1. The van der Waals surface area contributed by atoms with Gasteiger partial charge in [-0.05, 0) is 32.9 Å². The maximum absolute atomic E-state index is 13.9. The van der Waals surface area contributed by atoms with Crippen molar-refractivity contribution in [3.63, 3.8) is 0 Å². The summed E-state index contributed by atoms with van der Waals surface area (Å²) in [6.45, 7) is 5.10. The van der Waals surface area contributed by atoms with Crippen molar-refractivity contribution in [2.45, 2.75) is 27.3 Å². The Balaban J connectivity index is 2.39. The smallest absolute Gasteiger partial charge is 0.232 e. The second-order valence-electron chi connectivity index (χ2n) is 4.91. The van der Waals surface area contributed by atoms with E-state index in [1.165, 1.54) is 16.8 Å². The molecule has 2 aromatic rings. The summed E-state index contributed by atoms with van der Waals surface area (Å²) in [7, 11) is -3.40. The number of nitrogens with one attached hydrogen (secondary N) is 1. The fraction of sp³-hybridized carbons (Fsp3) is 0.357. The van der Waals surface area contributed by atoms with Crippen LogP contribution in [0.5, 0.6) is 0 Å². The molecule has 2 rings (SSSR count). The molecule has 0 aliphatic rings. The number of hydrogen-bond acceptors (Lipinski definition) is 3. The Hall–Kier alpha value is -1.60. The van der Waals surface area contributed by atoms with Crippen molar-refractivity contribution in [2.24, 2.45) is 0 Å². The summed E-state index contributed by atoms with van der Waals surface area (Å²) in [6.07, 6.45) is 0. The molecule has 0 spiro atoms. The molecule has 8 heteroatoms. The van der Waals surface area contributed by atoms with Crippen LogP contribution in [0.4, 0.5) is 10.1 Å². The molecule has 0 fully saturated rings. The van der Waals surface area contributed by atoms with Crippen molar-refractivity contribution in [3.8, 4) is 0 Å². The third kappa shape index (κ3) is 3.41. The normalized spacial score (nSPS) is 11.7. The number of nitrogens with zero attached hydrogens (tertiary/aromatic N) is 2. The van der Waals surface area contributed by atoms with Crippen LogP contribution in [-0.4, -0.2) is 24.0 Å². The van der Waals surface area contributed by atoms with Gasteiger partial charge in [0.1, 0.15) is 5.82 Å². The number of benzene rings is 1. The first-order valence-electron chi connectivity index (χ1n) is 6.72. The molecule has 0 radical (unpaired) electrons. The highest BCUT2D eigenvalue weighted by molar-refractivity contribution is 7.92. The molecule has 0 unspecified atom stereocenters. The number of aryl methyl sites for hydroxylation is 1. The van der Waals surface area contributed by atoms with Crippen LogP contribution in [0.2, 0.25) is 5.02 Å². The van der Waals surface area contributed by atoms with E-state index >= 15 is 0 Å². The molecule has 0 aliphatic heterocycles. The maximum Gasteiger partial charge on any atom is 0.232 e. The first-order chi connectivity index (χ1) is 10.2. The number of anilines is 1. The molecule has 0 bridgehead atoms. The Kier molecular flexibility index (Phi) is 4.77. The lowest BCUT2D eigenvalue weighted by atomic mass is 10.2. The van der Waals surface area contributed by atoms with Crippen LogP contribution in [0.25, 0.3) is 0 Å². The zero-order valence-electron chi connectivity index (χ0n) is 12.5. The Labute approximate surface area is 134 Å². The van der Waals surface area contributed by atoms with Crippen LogP contribution in [0.15, 0.2) is 18.2 Å². The van der Waals surface area contributed by atoms with Gasteiger partial charge in [0.25, 0.3) is 0 Å². The van der Waals surface area contributed by atoms with Crippen LogP contribution in [0.3, 0.4) is 0 Å². The number of aromatic nitrogens is 2. The Morgan fingerprint density at radius 3 is 2.64 bits per heavy atom. The number of halogens is 2. The highest BCUT2D eigenvalue weighted by Gasteiger charge is 2.18. The molecule has 0 atom stereocenters. The van der Waals surface area contributed by atoms with Gasteiger partial charge >= 0.3 is 0 Å². The van der Waals surface area contributed by atoms with Crippen molar-refractivity contribution >= 4 is 27.3 Å². The highest BCUT2D eigenvalue weighted by atomic mass is 35.5. The maximum atomic E-state index is 13.9. The van der Waals surface area contributed by atoms with Crippen molar-refractivity contribution in [1.29, 1.82) is 0 Å². The molecule has 1 N–H and O–H groups in total. The summed E-state index contributed by atoms with van der Waals surface area (Å²) in [6, 6.07) is 4.46. The highest BCUT2D eigenvalue weighted by Crippen LogP contribution is 2.25. The van der Waals surface area contributed by atoms with Gasteiger partial charge in [0, 0.05) is 10.6 Å². The van der Waals surface area contributed by atoms with Gasteiger partial charge < -0.3 is 0 Å². The first kappa shape index (κ1) is 16.8. The van der Waals surface area contributed by atoms with Crippen molar-refractivity contribution in [2.75, 3.05) is 10.5 Å². The molecule has 1 aromatic heterocycles. The lowest BCUT2D eigenvalue weighted by Crippen LogP contribution is -2.15. The number of rotatable bonds is 5. The molecule has 5 nitrogen and oxygen atoms in total. The van der Waals surface area contributed by atoms with Gasteiger partial charge in [0.15, 0.2) is 0 Å². The molecule has 0 saturated carbocycles. The van der Waals surface area contributed by atoms with Gasteiger partial charge in [-0.2, -0.15) is 5.10 Å². The minimum absolute atomic E-state index is 0.0315. The topological polar surface area (TPSA) is 64.0 Å². The van der Waals surface area contributed by atoms with Crippen molar-refractivity contribution in [1.82, 2.24) is 9.78 Å². The Morgan fingerprint density at radius 1 is 1.36 bits per heavy atom. The molecule has 120 valence electrons. The standard InChI is InChI=1S/C14H17ClFN3O2S/c1-4-22(20,21)18-14-9(2)17-19(10(14)3)8-11-12(15)6-5-7-13(11)16/h5-7,18H,4,8H2,1-3H3. The van der Waals surface area contributed by atoms with Crippen molar-refractivity contribution < 1.29 is 12.8 Å². The SMILES string of the molecule is CCS(=O)(=O)Nc1c(C)nn(Cc2c(F)cccc2Cl)c1C. The fourth-order valence-corrected chi connectivity index (χ4v) is 3.03. The summed E-state index contributed by atoms with van der Waals surface area (Å²) in [4.78, 5) is 0. The largest absolute Gasteiger partial charge is 0.280 e. The first-order valence-corrected chi connectivity index (χ1v) is 8.75.